The lowest BCUT2D eigenvalue weighted by molar-refractivity contribution is 0.0935. The number of aromatic nitrogens is 4. The summed E-state index contributed by atoms with van der Waals surface area (Å²) in [6.45, 7) is 5.93. The van der Waals surface area contributed by atoms with E-state index in [0.29, 0.717) is 5.69 Å². The zero-order chi connectivity index (χ0) is 19.8. The molecule has 28 heavy (non-hydrogen) atoms. The maximum absolute atomic E-state index is 12.8. The molecule has 0 aliphatic rings. The number of aromatic amines is 1. The third kappa shape index (κ3) is 3.07. The predicted octanol–water partition coefficient (Wildman–Crippen LogP) is 4.07. The number of benzene rings is 2. The summed E-state index contributed by atoms with van der Waals surface area (Å²) in [7, 11) is 1.90. The van der Waals surface area contributed by atoms with Crippen LogP contribution in [0.15, 0.2) is 48.5 Å². The second-order valence-corrected chi connectivity index (χ2v) is 7.10. The molecule has 2 aromatic heterocycles. The van der Waals surface area contributed by atoms with Gasteiger partial charge in [0.25, 0.3) is 5.91 Å². The zero-order valence-corrected chi connectivity index (χ0v) is 16.4. The van der Waals surface area contributed by atoms with Crippen LogP contribution in [0.25, 0.3) is 22.0 Å². The molecule has 1 atom stereocenters. The summed E-state index contributed by atoms with van der Waals surface area (Å²) in [5, 5.41) is 17.0. The number of carbonyl (C=O) groups is 1. The molecule has 2 heterocycles. The fourth-order valence-corrected chi connectivity index (χ4v) is 3.69. The van der Waals surface area contributed by atoms with Gasteiger partial charge in [0, 0.05) is 18.3 Å². The summed E-state index contributed by atoms with van der Waals surface area (Å²) in [6.07, 6.45) is 0. The minimum Gasteiger partial charge on any atom is -0.344 e. The molecule has 0 radical (unpaired) electrons. The number of nitrogens with zero attached hydrogens (tertiary/aromatic N) is 3. The third-order valence-corrected chi connectivity index (χ3v) is 5.23. The van der Waals surface area contributed by atoms with Gasteiger partial charge in [0.15, 0.2) is 0 Å². The molecule has 4 rings (SSSR count). The van der Waals surface area contributed by atoms with E-state index >= 15 is 0 Å². The second kappa shape index (κ2) is 6.96. The van der Waals surface area contributed by atoms with Crippen LogP contribution in [0.2, 0.25) is 0 Å². The smallest absolute Gasteiger partial charge is 0.269 e. The van der Waals surface area contributed by atoms with Crippen LogP contribution in [0.1, 0.15) is 40.4 Å². The number of carbonyl (C=O) groups excluding carboxylic acids is 1. The lowest BCUT2D eigenvalue weighted by Gasteiger charge is -2.16. The van der Waals surface area contributed by atoms with Gasteiger partial charge in [-0.15, -0.1) is 0 Å². The van der Waals surface area contributed by atoms with Gasteiger partial charge in [-0.2, -0.15) is 10.2 Å². The Morgan fingerprint density at radius 3 is 2.64 bits per heavy atom. The molecule has 0 bridgehead atoms. The quantitative estimate of drug-likeness (QED) is 0.566. The lowest BCUT2D eigenvalue weighted by Crippen LogP contribution is -2.27. The topological polar surface area (TPSA) is 75.6 Å². The number of hydrogen-bond donors (Lipinski definition) is 2. The molecule has 6 heteroatoms. The van der Waals surface area contributed by atoms with E-state index in [-0.39, 0.29) is 11.9 Å². The molecule has 6 nitrogen and oxygen atoms in total. The molecule has 0 fully saturated rings. The van der Waals surface area contributed by atoms with E-state index in [1.807, 2.05) is 56.8 Å². The maximum Gasteiger partial charge on any atom is 0.269 e. The van der Waals surface area contributed by atoms with Gasteiger partial charge in [-0.05, 0) is 43.2 Å². The first-order valence-corrected chi connectivity index (χ1v) is 9.30. The van der Waals surface area contributed by atoms with Gasteiger partial charge in [0.1, 0.15) is 5.69 Å². The summed E-state index contributed by atoms with van der Waals surface area (Å²) < 4.78 is 1.82. The first kappa shape index (κ1) is 18.0. The first-order chi connectivity index (χ1) is 13.5. The molecular weight excluding hydrogens is 350 g/mol. The largest absolute Gasteiger partial charge is 0.344 e. The maximum atomic E-state index is 12.8. The van der Waals surface area contributed by atoms with E-state index < -0.39 is 0 Å². The molecule has 142 valence electrons. The summed E-state index contributed by atoms with van der Waals surface area (Å²) in [4.78, 5) is 12.8. The van der Waals surface area contributed by atoms with Crippen molar-refractivity contribution in [2.45, 2.75) is 26.8 Å². The highest BCUT2D eigenvalue weighted by Gasteiger charge is 2.19. The molecule has 0 aliphatic carbocycles. The first-order valence-electron chi connectivity index (χ1n) is 9.30. The SMILES string of the molecule is Cc1nn(C)c(C)c1-c1cc(C(=O)NC(C)c2cccc3ccccc23)[nH]n1. The van der Waals surface area contributed by atoms with Crippen LogP contribution in [-0.4, -0.2) is 25.9 Å². The highest BCUT2D eigenvalue weighted by molar-refractivity contribution is 5.94. The third-order valence-electron chi connectivity index (χ3n) is 5.23. The average Bonchev–Trinajstić information content (AvgIpc) is 3.26. The van der Waals surface area contributed by atoms with Crippen LogP contribution in [0.4, 0.5) is 0 Å². The molecule has 1 amide bonds. The fraction of sp³-hybridized carbons (Fsp3) is 0.227. The van der Waals surface area contributed by atoms with Gasteiger partial charge in [-0.3, -0.25) is 14.6 Å². The van der Waals surface area contributed by atoms with Crippen LogP contribution in [0.5, 0.6) is 0 Å². The molecule has 2 aromatic carbocycles. The fourth-order valence-electron chi connectivity index (χ4n) is 3.69. The van der Waals surface area contributed by atoms with Crippen LogP contribution >= 0.6 is 0 Å². The Morgan fingerprint density at radius 2 is 1.89 bits per heavy atom. The number of amides is 1. The van der Waals surface area contributed by atoms with Crippen LogP contribution in [0, 0.1) is 13.8 Å². The van der Waals surface area contributed by atoms with Crippen LogP contribution in [-0.2, 0) is 7.05 Å². The van der Waals surface area contributed by atoms with Crippen molar-refractivity contribution in [1.82, 2.24) is 25.3 Å². The summed E-state index contributed by atoms with van der Waals surface area (Å²) in [6, 6.07) is 16.0. The normalized spacial score (nSPS) is 12.3. The molecule has 4 aromatic rings. The zero-order valence-electron chi connectivity index (χ0n) is 16.4. The van der Waals surface area contributed by atoms with Gasteiger partial charge >= 0.3 is 0 Å². The number of aryl methyl sites for hydroxylation is 2. The molecule has 0 saturated heterocycles. The summed E-state index contributed by atoms with van der Waals surface area (Å²) in [5.41, 5.74) is 5.11. The van der Waals surface area contributed by atoms with Crippen LogP contribution in [0.3, 0.4) is 0 Å². The Hall–Kier alpha value is -3.41. The van der Waals surface area contributed by atoms with Crippen molar-refractivity contribution in [3.63, 3.8) is 0 Å². The van der Waals surface area contributed by atoms with Gasteiger partial charge in [0.05, 0.1) is 17.4 Å². The minimum atomic E-state index is -0.182. The van der Waals surface area contributed by atoms with Crippen molar-refractivity contribution in [1.29, 1.82) is 0 Å². The molecule has 0 spiro atoms. The van der Waals surface area contributed by atoms with E-state index in [2.05, 4.69) is 38.8 Å². The van der Waals surface area contributed by atoms with E-state index in [0.717, 1.165) is 39.0 Å². The lowest BCUT2D eigenvalue weighted by atomic mass is 9.99. The molecule has 2 N–H and O–H groups in total. The summed E-state index contributed by atoms with van der Waals surface area (Å²) >= 11 is 0. The molecule has 0 aliphatic heterocycles. The molecule has 0 saturated carbocycles. The minimum absolute atomic E-state index is 0.132. The van der Waals surface area contributed by atoms with Crippen molar-refractivity contribution < 1.29 is 4.79 Å². The van der Waals surface area contributed by atoms with Crippen molar-refractivity contribution in [3.05, 3.63) is 71.2 Å². The van der Waals surface area contributed by atoms with Gasteiger partial charge in [-0.1, -0.05) is 42.5 Å². The average molecular weight is 373 g/mol. The number of H-pyrrole nitrogens is 1. The van der Waals surface area contributed by atoms with Crippen molar-refractivity contribution in [3.8, 4) is 11.3 Å². The highest BCUT2D eigenvalue weighted by atomic mass is 16.2. The Bertz CT molecular complexity index is 1170. The number of fused-ring (bicyclic) bond motifs is 1. The highest BCUT2D eigenvalue weighted by Crippen LogP contribution is 2.26. The monoisotopic (exact) mass is 373 g/mol. The summed E-state index contributed by atoms with van der Waals surface area (Å²) in [5.74, 6) is -0.182. The number of hydrogen-bond acceptors (Lipinski definition) is 3. The predicted molar refractivity (Wildman–Crippen MR) is 110 cm³/mol. The van der Waals surface area contributed by atoms with E-state index in [1.54, 1.807) is 6.07 Å². The number of nitrogens with one attached hydrogen (secondary N) is 2. The van der Waals surface area contributed by atoms with Crippen molar-refractivity contribution >= 4 is 16.7 Å². The molecule has 1 unspecified atom stereocenters. The second-order valence-electron chi connectivity index (χ2n) is 7.10. The van der Waals surface area contributed by atoms with Gasteiger partial charge in [-0.25, -0.2) is 0 Å². The standard InChI is InChI=1S/C22H23N5O/c1-13(17-11-7-9-16-8-5-6-10-18(16)17)23-22(28)20-12-19(24-25-20)21-14(2)26-27(4)15(21)3/h5-13H,1-4H3,(H,23,28)(H,24,25). The van der Waals surface area contributed by atoms with Gasteiger partial charge < -0.3 is 5.32 Å². The Kier molecular flexibility index (Phi) is 4.47. The Labute approximate surface area is 163 Å². The van der Waals surface area contributed by atoms with Crippen molar-refractivity contribution in [2.75, 3.05) is 0 Å². The Balaban J connectivity index is 1.58. The van der Waals surface area contributed by atoms with E-state index in [4.69, 9.17) is 0 Å². The molecular formula is C22H23N5O. The van der Waals surface area contributed by atoms with E-state index in [9.17, 15) is 4.79 Å². The number of rotatable bonds is 4. The van der Waals surface area contributed by atoms with Crippen molar-refractivity contribution in [2.24, 2.45) is 7.05 Å². The van der Waals surface area contributed by atoms with E-state index in [1.165, 1.54) is 0 Å². The Morgan fingerprint density at radius 1 is 1.14 bits per heavy atom. The van der Waals surface area contributed by atoms with Crippen LogP contribution < -0.4 is 5.32 Å². The van der Waals surface area contributed by atoms with Gasteiger partial charge in [0.2, 0.25) is 0 Å².